The fourth-order valence-corrected chi connectivity index (χ4v) is 10.8. The van der Waals surface area contributed by atoms with E-state index in [0.717, 1.165) is 114 Å². The molecule has 0 fully saturated rings. The maximum atomic E-state index is 13.0. The first kappa shape index (κ1) is 80.1. The molecule has 0 saturated carbocycles. The summed E-state index contributed by atoms with van der Waals surface area (Å²) in [5.41, 5.74) is 0. The Balaban J connectivity index is 5.27. The van der Waals surface area contributed by atoms with Crippen LogP contribution in [0.25, 0.3) is 0 Å². The molecule has 0 saturated heterocycles. The molecule has 82 heavy (non-hydrogen) atoms. The van der Waals surface area contributed by atoms with Crippen molar-refractivity contribution in [2.75, 3.05) is 39.6 Å². The number of rotatable bonds is 61. The lowest BCUT2D eigenvalue weighted by Crippen LogP contribution is -2.30. The molecule has 0 heterocycles. The second kappa shape index (κ2) is 54.5. The van der Waals surface area contributed by atoms with Crippen molar-refractivity contribution >= 4 is 39.5 Å². The van der Waals surface area contributed by atoms with E-state index >= 15 is 0 Å². The summed E-state index contributed by atoms with van der Waals surface area (Å²) in [6.07, 6.45) is 34.8. The topological polar surface area (TPSA) is 237 Å². The van der Waals surface area contributed by atoms with E-state index in [4.69, 9.17) is 37.0 Å². The number of esters is 4. The number of hydrogen-bond acceptors (Lipinski definition) is 15. The molecule has 8 atom stereocenters. The number of phosphoric ester groups is 2. The lowest BCUT2D eigenvalue weighted by Gasteiger charge is -2.21. The number of unbranched alkanes of at least 4 members (excludes halogenated alkanes) is 26. The van der Waals surface area contributed by atoms with Crippen LogP contribution in [-0.4, -0.2) is 96.7 Å². The van der Waals surface area contributed by atoms with Gasteiger partial charge in [0.05, 0.1) is 26.4 Å². The fourth-order valence-electron chi connectivity index (χ4n) is 9.21. The van der Waals surface area contributed by atoms with Crippen LogP contribution in [0.5, 0.6) is 0 Å². The summed E-state index contributed by atoms with van der Waals surface area (Å²) in [7, 11) is -9.89. The summed E-state index contributed by atoms with van der Waals surface area (Å²) in [6.45, 7) is 11.7. The van der Waals surface area contributed by atoms with Gasteiger partial charge in [-0.15, -0.1) is 0 Å². The summed E-state index contributed by atoms with van der Waals surface area (Å²) in [4.78, 5) is 72.1. The highest BCUT2D eigenvalue weighted by Gasteiger charge is 2.30. The van der Waals surface area contributed by atoms with Crippen molar-refractivity contribution in [3.8, 4) is 0 Å². The lowest BCUT2D eigenvalue weighted by atomic mass is 9.99. The van der Waals surface area contributed by atoms with Gasteiger partial charge in [-0.2, -0.15) is 0 Å². The normalized spacial score (nSPS) is 15.4. The fraction of sp³-hybridized carbons (Fsp3) is 0.937. The Bertz CT molecular complexity index is 1640. The smallest absolute Gasteiger partial charge is 0.462 e. The van der Waals surface area contributed by atoms with Crippen molar-refractivity contribution in [2.24, 2.45) is 17.8 Å². The van der Waals surface area contributed by atoms with Crippen molar-refractivity contribution in [3.05, 3.63) is 0 Å². The molecule has 0 radical (unpaired) electrons. The Labute approximate surface area is 498 Å². The molecule has 0 amide bonds. The van der Waals surface area contributed by atoms with Gasteiger partial charge in [0, 0.05) is 25.7 Å². The van der Waals surface area contributed by atoms with Crippen LogP contribution in [0.15, 0.2) is 0 Å². The maximum absolute atomic E-state index is 13.0. The molecular formula is C63H122O17P2. The molecule has 5 unspecified atom stereocenters. The Morgan fingerprint density at radius 1 is 0.341 bits per heavy atom. The van der Waals surface area contributed by atoms with Crippen LogP contribution in [0.1, 0.15) is 305 Å². The van der Waals surface area contributed by atoms with Crippen LogP contribution in [0.2, 0.25) is 0 Å². The minimum Gasteiger partial charge on any atom is -0.462 e. The molecule has 0 aromatic heterocycles. The molecule has 0 aliphatic heterocycles. The van der Waals surface area contributed by atoms with Gasteiger partial charge in [0.15, 0.2) is 12.2 Å². The van der Waals surface area contributed by atoms with Crippen molar-refractivity contribution in [1.82, 2.24) is 0 Å². The summed E-state index contributed by atoms with van der Waals surface area (Å²) in [5, 5.41) is 10.5. The first-order chi connectivity index (χ1) is 39.3. The Hall–Kier alpha value is -1.94. The predicted octanol–water partition coefficient (Wildman–Crippen LogP) is 17.1. The van der Waals surface area contributed by atoms with Crippen LogP contribution in [0.4, 0.5) is 0 Å². The van der Waals surface area contributed by atoms with E-state index in [1.807, 2.05) is 0 Å². The first-order valence-corrected chi connectivity index (χ1v) is 36.0. The zero-order chi connectivity index (χ0) is 61.0. The molecule has 486 valence electrons. The van der Waals surface area contributed by atoms with E-state index in [1.54, 1.807) is 0 Å². The minimum atomic E-state index is -4.94. The van der Waals surface area contributed by atoms with Gasteiger partial charge in [0.25, 0.3) is 0 Å². The Kier molecular flexibility index (Phi) is 53.2. The van der Waals surface area contributed by atoms with Gasteiger partial charge in [-0.25, -0.2) is 9.13 Å². The number of aliphatic hydroxyl groups is 1. The zero-order valence-corrected chi connectivity index (χ0v) is 54.7. The summed E-state index contributed by atoms with van der Waals surface area (Å²) in [5.74, 6) is 0.0790. The largest absolute Gasteiger partial charge is 0.472 e. The summed E-state index contributed by atoms with van der Waals surface area (Å²) >= 11 is 0. The van der Waals surface area contributed by atoms with Gasteiger partial charge in [-0.3, -0.25) is 37.3 Å². The van der Waals surface area contributed by atoms with E-state index in [1.165, 1.54) is 109 Å². The third kappa shape index (κ3) is 53.5. The maximum Gasteiger partial charge on any atom is 0.472 e. The summed E-state index contributed by atoms with van der Waals surface area (Å²) < 4.78 is 67.9. The molecule has 0 aliphatic rings. The van der Waals surface area contributed by atoms with Crippen LogP contribution in [0, 0.1) is 17.8 Å². The van der Waals surface area contributed by atoms with Crippen molar-refractivity contribution in [2.45, 2.75) is 324 Å². The second-order valence-electron chi connectivity index (χ2n) is 23.5. The molecule has 0 rings (SSSR count). The van der Waals surface area contributed by atoms with E-state index in [0.29, 0.717) is 25.7 Å². The van der Waals surface area contributed by atoms with Crippen molar-refractivity contribution in [1.29, 1.82) is 0 Å². The lowest BCUT2D eigenvalue weighted by molar-refractivity contribution is -0.161. The van der Waals surface area contributed by atoms with Gasteiger partial charge < -0.3 is 33.8 Å². The molecule has 19 heteroatoms. The predicted molar refractivity (Wildman–Crippen MR) is 326 cm³/mol. The number of ether oxygens (including phenoxy) is 4. The summed E-state index contributed by atoms with van der Waals surface area (Å²) in [6, 6.07) is 0. The van der Waals surface area contributed by atoms with Gasteiger partial charge in [0.1, 0.15) is 19.3 Å². The number of carbonyl (C=O) groups is 4. The molecule has 0 aromatic rings. The van der Waals surface area contributed by atoms with Crippen molar-refractivity contribution < 1.29 is 80.2 Å². The van der Waals surface area contributed by atoms with Crippen LogP contribution in [0.3, 0.4) is 0 Å². The average molecular weight is 1210 g/mol. The van der Waals surface area contributed by atoms with Crippen LogP contribution >= 0.6 is 15.6 Å². The molecule has 0 aromatic carbocycles. The highest BCUT2D eigenvalue weighted by atomic mass is 31.2. The minimum absolute atomic E-state index is 0.102. The quantitative estimate of drug-likeness (QED) is 0.0222. The van der Waals surface area contributed by atoms with E-state index in [-0.39, 0.29) is 25.7 Å². The molecule has 3 N–H and O–H groups in total. The number of carbonyl (C=O) groups excluding carboxylic acids is 4. The van der Waals surface area contributed by atoms with Gasteiger partial charge in [-0.1, -0.05) is 254 Å². The number of hydrogen-bond donors (Lipinski definition) is 3. The number of phosphoric acid groups is 2. The van der Waals surface area contributed by atoms with Crippen LogP contribution < -0.4 is 0 Å². The van der Waals surface area contributed by atoms with Gasteiger partial charge in [-0.05, 0) is 43.4 Å². The van der Waals surface area contributed by atoms with E-state index in [9.17, 15) is 43.2 Å². The third-order valence-corrected chi connectivity index (χ3v) is 17.4. The van der Waals surface area contributed by atoms with Crippen LogP contribution in [-0.2, 0) is 65.4 Å². The third-order valence-electron chi connectivity index (χ3n) is 15.5. The molecule has 0 bridgehead atoms. The van der Waals surface area contributed by atoms with E-state index in [2.05, 4.69) is 48.5 Å². The molecular weight excluding hydrogens is 1090 g/mol. The van der Waals surface area contributed by atoms with Gasteiger partial charge in [0.2, 0.25) is 0 Å². The first-order valence-electron chi connectivity index (χ1n) is 33.0. The Morgan fingerprint density at radius 2 is 0.585 bits per heavy atom. The SMILES string of the molecule is CCCCCCCCCCCCC(=O)OC[C@H](COP(=O)(O)OC[C@H](O)COP(=O)(O)OC[C@@H](COC(=O)CCCCCCCCC(C)CC)OC(=O)CCCCCCCCCCC(C)CC)OC(=O)CCCCCCCCC(C)CC. The second-order valence-corrected chi connectivity index (χ2v) is 26.4. The molecule has 17 nitrogen and oxygen atoms in total. The standard InChI is InChI=1S/C63H122O17P2/c1-8-12-13-14-15-16-17-21-30-37-44-60(65)73-50-59(80-63(68)47-40-33-26-24-29-36-43-56(7)11-4)53-78-82(71,72)76-49-57(64)48-75-81(69,70)77-52-58(51-74-61(66)45-38-31-25-23-28-35-42-55(6)10-3)79-62(67)46-39-32-22-19-18-20-27-34-41-54(5)9-2/h54-59,64H,8-53H2,1-7H3,(H,69,70)(H,71,72)/t54?,55?,56?,57-,58-,59-/m1/s1. The number of aliphatic hydroxyl groups excluding tert-OH is 1. The average Bonchev–Trinajstić information content (AvgIpc) is 3.46. The highest BCUT2D eigenvalue weighted by Crippen LogP contribution is 2.45. The molecule has 0 aliphatic carbocycles. The van der Waals surface area contributed by atoms with Gasteiger partial charge >= 0.3 is 39.5 Å². The zero-order valence-electron chi connectivity index (χ0n) is 52.9. The highest BCUT2D eigenvalue weighted by molar-refractivity contribution is 7.47. The van der Waals surface area contributed by atoms with Crippen molar-refractivity contribution in [3.63, 3.8) is 0 Å². The monoisotopic (exact) mass is 1210 g/mol. The van der Waals surface area contributed by atoms with E-state index < -0.39 is 97.5 Å². The Morgan fingerprint density at radius 3 is 0.866 bits per heavy atom. The molecule has 0 spiro atoms.